The van der Waals surface area contributed by atoms with Crippen molar-refractivity contribution in [2.45, 2.75) is 25.0 Å². The first-order valence-corrected chi connectivity index (χ1v) is 7.63. The molecule has 6 heteroatoms. The van der Waals surface area contributed by atoms with Crippen LogP contribution in [0.25, 0.3) is 0 Å². The van der Waals surface area contributed by atoms with Crippen molar-refractivity contribution < 1.29 is 9.47 Å². The van der Waals surface area contributed by atoms with Gasteiger partial charge in [-0.1, -0.05) is 0 Å². The van der Waals surface area contributed by atoms with Crippen molar-refractivity contribution in [3.05, 3.63) is 0 Å². The molecular formula is C14H32N4O2. The highest BCUT2D eigenvalue weighted by Crippen LogP contribution is 2.32. The van der Waals surface area contributed by atoms with Crippen LogP contribution in [0.2, 0.25) is 0 Å². The van der Waals surface area contributed by atoms with E-state index in [9.17, 15) is 0 Å². The average Bonchev–Trinajstić information content (AvgIpc) is 2.47. The highest BCUT2D eigenvalue weighted by atomic mass is 16.5. The number of nitrogens with two attached hydrogens (primary N) is 2. The van der Waals surface area contributed by atoms with Crippen molar-refractivity contribution in [2.75, 3.05) is 53.5 Å². The second-order valence-electron chi connectivity index (χ2n) is 5.56. The molecule has 0 radical (unpaired) electrons. The van der Waals surface area contributed by atoms with Crippen molar-refractivity contribution in [2.24, 2.45) is 23.3 Å². The van der Waals surface area contributed by atoms with Crippen molar-refractivity contribution in [3.8, 4) is 0 Å². The molecule has 1 fully saturated rings. The van der Waals surface area contributed by atoms with Gasteiger partial charge in [-0.3, -0.25) is 0 Å². The minimum atomic E-state index is 0.163. The Hall–Kier alpha value is -0.240. The van der Waals surface area contributed by atoms with E-state index < -0.39 is 0 Å². The minimum absolute atomic E-state index is 0.163. The minimum Gasteiger partial charge on any atom is -0.379 e. The van der Waals surface area contributed by atoms with Gasteiger partial charge in [0.25, 0.3) is 0 Å². The molecule has 1 rings (SSSR count). The van der Waals surface area contributed by atoms with Crippen LogP contribution in [0, 0.1) is 11.8 Å². The van der Waals surface area contributed by atoms with E-state index in [2.05, 4.69) is 10.6 Å². The smallest absolute Gasteiger partial charge is 0.0873 e. The molecule has 0 amide bonds. The monoisotopic (exact) mass is 288 g/mol. The summed E-state index contributed by atoms with van der Waals surface area (Å²) in [5.74, 6) is 1.08. The summed E-state index contributed by atoms with van der Waals surface area (Å²) >= 11 is 0. The largest absolute Gasteiger partial charge is 0.379 e. The van der Waals surface area contributed by atoms with E-state index in [1.165, 1.54) is 0 Å². The lowest BCUT2D eigenvalue weighted by molar-refractivity contribution is -0.0991. The van der Waals surface area contributed by atoms with Crippen molar-refractivity contribution >= 4 is 0 Å². The van der Waals surface area contributed by atoms with Crippen LogP contribution in [0.4, 0.5) is 0 Å². The van der Waals surface area contributed by atoms with Crippen LogP contribution in [0.1, 0.15) is 12.8 Å². The molecular weight excluding hydrogens is 256 g/mol. The maximum absolute atomic E-state index is 5.68. The lowest BCUT2D eigenvalue weighted by Crippen LogP contribution is -2.49. The molecule has 0 aromatic heterocycles. The summed E-state index contributed by atoms with van der Waals surface area (Å²) < 4.78 is 11.3. The fourth-order valence-electron chi connectivity index (χ4n) is 3.16. The van der Waals surface area contributed by atoms with Gasteiger partial charge in [0.05, 0.1) is 12.2 Å². The Morgan fingerprint density at radius 3 is 2.15 bits per heavy atom. The molecule has 0 aliphatic heterocycles. The Morgan fingerprint density at radius 1 is 0.950 bits per heavy atom. The zero-order valence-corrected chi connectivity index (χ0v) is 12.9. The number of ether oxygens (including phenoxy) is 2. The maximum atomic E-state index is 5.68. The van der Waals surface area contributed by atoms with Gasteiger partial charge in [-0.05, 0) is 25.3 Å². The summed E-state index contributed by atoms with van der Waals surface area (Å²) in [6.07, 6.45) is 2.52. The third kappa shape index (κ3) is 5.63. The van der Waals surface area contributed by atoms with E-state index in [4.69, 9.17) is 20.9 Å². The predicted octanol–water partition coefficient (Wildman–Crippen LogP) is -0.861. The molecule has 0 heterocycles. The highest BCUT2D eigenvalue weighted by molar-refractivity contribution is 4.89. The molecule has 0 bridgehead atoms. The molecule has 6 N–H and O–H groups in total. The van der Waals surface area contributed by atoms with Gasteiger partial charge in [0.2, 0.25) is 0 Å². The molecule has 0 aromatic carbocycles. The van der Waals surface area contributed by atoms with Gasteiger partial charge in [0.1, 0.15) is 0 Å². The molecule has 1 aliphatic rings. The normalized spacial score (nSPS) is 30.6. The molecule has 0 aromatic rings. The summed E-state index contributed by atoms with van der Waals surface area (Å²) in [5, 5.41) is 6.81. The number of methoxy groups -OCH3 is 2. The lowest BCUT2D eigenvalue weighted by Gasteiger charge is -2.40. The van der Waals surface area contributed by atoms with Crippen molar-refractivity contribution in [1.82, 2.24) is 10.6 Å². The predicted molar refractivity (Wildman–Crippen MR) is 81.7 cm³/mol. The van der Waals surface area contributed by atoms with Crippen molar-refractivity contribution in [3.63, 3.8) is 0 Å². The van der Waals surface area contributed by atoms with E-state index >= 15 is 0 Å². The van der Waals surface area contributed by atoms with E-state index in [0.717, 1.165) is 39.0 Å². The fourth-order valence-corrected chi connectivity index (χ4v) is 3.16. The number of hydrogen-bond acceptors (Lipinski definition) is 6. The van der Waals surface area contributed by atoms with Crippen molar-refractivity contribution in [1.29, 1.82) is 0 Å². The first kappa shape index (κ1) is 17.8. The Balaban J connectivity index is 2.51. The zero-order valence-electron chi connectivity index (χ0n) is 12.9. The van der Waals surface area contributed by atoms with Gasteiger partial charge in [0.15, 0.2) is 0 Å². The molecule has 0 saturated heterocycles. The average molecular weight is 288 g/mol. The molecule has 4 unspecified atom stereocenters. The highest BCUT2D eigenvalue weighted by Gasteiger charge is 2.37. The van der Waals surface area contributed by atoms with Crippen LogP contribution in [0.3, 0.4) is 0 Å². The number of rotatable bonds is 10. The Kier molecular flexibility index (Phi) is 9.33. The molecule has 6 nitrogen and oxygen atoms in total. The Labute approximate surface area is 122 Å². The summed E-state index contributed by atoms with van der Waals surface area (Å²) in [5.41, 5.74) is 11.1. The van der Waals surface area contributed by atoms with E-state index in [1.807, 2.05) is 0 Å². The van der Waals surface area contributed by atoms with Gasteiger partial charge >= 0.3 is 0 Å². The maximum Gasteiger partial charge on any atom is 0.0873 e. The first-order chi connectivity index (χ1) is 9.76. The van der Waals surface area contributed by atoms with Crippen LogP contribution in [-0.4, -0.2) is 65.7 Å². The van der Waals surface area contributed by atoms with Crippen LogP contribution >= 0.6 is 0 Å². The van der Waals surface area contributed by atoms with Crippen LogP contribution in [0.15, 0.2) is 0 Å². The van der Waals surface area contributed by atoms with Gasteiger partial charge in [-0.2, -0.15) is 0 Å². The topological polar surface area (TPSA) is 94.6 Å². The number of hydrogen-bond donors (Lipinski definition) is 4. The SMILES string of the molecule is COC1CC(CNCCN)CC(CNCCN)C1OC. The third-order valence-corrected chi connectivity index (χ3v) is 4.09. The van der Waals surface area contributed by atoms with E-state index in [1.54, 1.807) is 14.2 Å². The molecule has 1 saturated carbocycles. The summed E-state index contributed by atoms with van der Waals surface area (Å²) in [6, 6.07) is 0. The Morgan fingerprint density at radius 2 is 1.60 bits per heavy atom. The standard InChI is InChI=1S/C14H32N4O2/c1-19-13-8-11(9-17-5-3-15)7-12(14(13)20-2)10-18-6-4-16/h11-14,17-18H,3-10,15-16H2,1-2H3. The molecule has 1 aliphatic carbocycles. The van der Waals surface area contributed by atoms with Gasteiger partial charge in [0, 0.05) is 52.9 Å². The van der Waals surface area contributed by atoms with Gasteiger partial charge in [-0.25, -0.2) is 0 Å². The molecule has 0 spiro atoms. The molecule has 120 valence electrons. The summed E-state index contributed by atoms with van der Waals surface area (Å²) in [6.45, 7) is 5.00. The lowest BCUT2D eigenvalue weighted by atomic mass is 9.77. The van der Waals surface area contributed by atoms with Crippen LogP contribution < -0.4 is 22.1 Å². The quantitative estimate of drug-likeness (QED) is 0.391. The first-order valence-electron chi connectivity index (χ1n) is 7.63. The molecule has 4 atom stereocenters. The van der Waals surface area contributed by atoms with Gasteiger partial charge in [-0.15, -0.1) is 0 Å². The fraction of sp³-hybridized carbons (Fsp3) is 1.00. The van der Waals surface area contributed by atoms with Gasteiger partial charge < -0.3 is 31.6 Å². The van der Waals surface area contributed by atoms with E-state index in [0.29, 0.717) is 24.9 Å². The van der Waals surface area contributed by atoms with Crippen LogP contribution in [-0.2, 0) is 9.47 Å². The third-order valence-electron chi connectivity index (χ3n) is 4.09. The number of nitrogens with one attached hydrogen (secondary N) is 2. The summed E-state index contributed by atoms with van der Waals surface area (Å²) in [4.78, 5) is 0. The van der Waals surface area contributed by atoms with E-state index in [-0.39, 0.29) is 12.2 Å². The second-order valence-corrected chi connectivity index (χ2v) is 5.56. The summed E-state index contributed by atoms with van der Waals surface area (Å²) in [7, 11) is 3.55. The second kappa shape index (κ2) is 10.5. The molecule has 20 heavy (non-hydrogen) atoms. The Bertz CT molecular complexity index is 243. The zero-order chi connectivity index (χ0) is 14.8. The van der Waals surface area contributed by atoms with Crippen LogP contribution in [0.5, 0.6) is 0 Å².